The van der Waals surface area contributed by atoms with Crippen molar-refractivity contribution in [3.05, 3.63) is 30.1 Å². The molecule has 1 aromatic carbocycles. The second-order valence-electron chi connectivity index (χ2n) is 5.66. The van der Waals surface area contributed by atoms with E-state index in [0.29, 0.717) is 18.3 Å². The number of benzene rings is 1. The van der Waals surface area contributed by atoms with Gasteiger partial charge in [0.15, 0.2) is 17.5 Å². The molecule has 1 aliphatic rings. The lowest BCUT2D eigenvalue weighted by Gasteiger charge is -2.21. The Bertz CT molecular complexity index is 492. The molecule has 2 N–H and O–H groups in total. The van der Waals surface area contributed by atoms with Gasteiger partial charge in [-0.05, 0) is 31.4 Å². The van der Waals surface area contributed by atoms with Crippen LogP contribution in [0.4, 0.5) is 4.39 Å². The molecule has 0 spiro atoms. The van der Waals surface area contributed by atoms with Crippen LogP contribution in [-0.2, 0) is 0 Å². The fraction of sp³-hybridized carbons (Fsp3) is 0.588. The van der Waals surface area contributed by atoms with Gasteiger partial charge in [0.2, 0.25) is 0 Å². The summed E-state index contributed by atoms with van der Waals surface area (Å²) in [5.74, 6) is 0.770. The molecule has 0 aliphatic heterocycles. The molecule has 1 unspecified atom stereocenters. The third-order valence-corrected chi connectivity index (χ3v) is 4.00. The van der Waals surface area contributed by atoms with Gasteiger partial charge in [-0.25, -0.2) is 4.39 Å². The van der Waals surface area contributed by atoms with Crippen LogP contribution in [0.1, 0.15) is 39.0 Å². The first kappa shape index (κ1) is 20.0. The summed E-state index contributed by atoms with van der Waals surface area (Å²) in [6.45, 7) is 2.62. The van der Waals surface area contributed by atoms with Crippen molar-refractivity contribution in [3.63, 3.8) is 0 Å². The van der Waals surface area contributed by atoms with Crippen molar-refractivity contribution in [2.24, 2.45) is 4.99 Å². The summed E-state index contributed by atoms with van der Waals surface area (Å²) in [6, 6.07) is 7.02. The molecule has 1 saturated carbocycles. The van der Waals surface area contributed by atoms with Crippen LogP contribution in [0, 0.1) is 5.82 Å². The van der Waals surface area contributed by atoms with Gasteiger partial charge in [0.05, 0.1) is 6.54 Å². The normalized spacial score (nSPS) is 16.6. The SMILES string of the molecule is CCC(CNC(=NC)NC1CCCC1)Oc1ccccc1F.I. The lowest BCUT2D eigenvalue weighted by molar-refractivity contribution is 0.191. The number of rotatable bonds is 6. The summed E-state index contributed by atoms with van der Waals surface area (Å²) in [6.07, 6.45) is 5.65. The van der Waals surface area contributed by atoms with E-state index in [1.54, 1.807) is 25.2 Å². The first-order valence-corrected chi connectivity index (χ1v) is 8.11. The number of hydrogen-bond donors (Lipinski definition) is 2. The van der Waals surface area contributed by atoms with Gasteiger partial charge in [-0.2, -0.15) is 0 Å². The van der Waals surface area contributed by atoms with Crippen LogP contribution in [-0.4, -0.2) is 31.7 Å². The van der Waals surface area contributed by atoms with Crippen LogP contribution < -0.4 is 15.4 Å². The maximum atomic E-state index is 13.6. The minimum absolute atomic E-state index is 0. The van der Waals surface area contributed by atoms with Crippen molar-refractivity contribution in [1.82, 2.24) is 10.6 Å². The molecule has 1 atom stereocenters. The van der Waals surface area contributed by atoms with Crippen molar-refractivity contribution in [2.45, 2.75) is 51.2 Å². The van der Waals surface area contributed by atoms with E-state index in [2.05, 4.69) is 15.6 Å². The third-order valence-electron chi connectivity index (χ3n) is 4.00. The van der Waals surface area contributed by atoms with Gasteiger partial charge >= 0.3 is 0 Å². The lowest BCUT2D eigenvalue weighted by Crippen LogP contribution is -2.45. The minimum Gasteiger partial charge on any atom is -0.486 e. The van der Waals surface area contributed by atoms with E-state index in [4.69, 9.17) is 4.74 Å². The van der Waals surface area contributed by atoms with Crippen molar-refractivity contribution in [1.29, 1.82) is 0 Å². The number of guanidine groups is 1. The maximum absolute atomic E-state index is 13.6. The van der Waals surface area contributed by atoms with Crippen LogP contribution in [0.2, 0.25) is 0 Å². The van der Waals surface area contributed by atoms with E-state index in [1.165, 1.54) is 31.7 Å². The Balaban J connectivity index is 0.00000264. The van der Waals surface area contributed by atoms with E-state index >= 15 is 0 Å². The van der Waals surface area contributed by atoms with Crippen LogP contribution in [0.15, 0.2) is 29.3 Å². The predicted molar refractivity (Wildman–Crippen MR) is 103 cm³/mol. The Hall–Kier alpha value is -1.05. The molecule has 23 heavy (non-hydrogen) atoms. The number of hydrogen-bond acceptors (Lipinski definition) is 2. The molecule has 1 fully saturated rings. The van der Waals surface area contributed by atoms with Gasteiger partial charge in [-0.1, -0.05) is 31.9 Å². The molecule has 0 bridgehead atoms. The molecule has 2 rings (SSSR count). The molecule has 1 aromatic rings. The number of nitrogens with zero attached hydrogens (tertiary/aromatic N) is 1. The molecule has 130 valence electrons. The third kappa shape index (κ3) is 6.53. The van der Waals surface area contributed by atoms with Crippen molar-refractivity contribution in [3.8, 4) is 5.75 Å². The summed E-state index contributed by atoms with van der Waals surface area (Å²) >= 11 is 0. The summed E-state index contributed by atoms with van der Waals surface area (Å²) in [4.78, 5) is 4.25. The number of nitrogens with one attached hydrogen (secondary N) is 2. The van der Waals surface area contributed by atoms with Crippen molar-refractivity contribution in [2.75, 3.05) is 13.6 Å². The molecular formula is C17H27FIN3O. The molecule has 0 heterocycles. The standard InChI is InChI=1S/C17H26FN3O.HI/c1-3-14(22-16-11-7-6-10-15(16)18)12-20-17(19-2)21-13-8-4-5-9-13;/h6-7,10-11,13-14H,3-5,8-9,12H2,1-2H3,(H2,19,20,21);1H. The van der Waals surface area contributed by atoms with Crippen molar-refractivity contribution >= 4 is 29.9 Å². The summed E-state index contributed by atoms with van der Waals surface area (Å²) in [7, 11) is 1.77. The Morgan fingerprint density at radius 1 is 1.35 bits per heavy atom. The van der Waals surface area contributed by atoms with Crippen molar-refractivity contribution < 1.29 is 9.13 Å². The van der Waals surface area contributed by atoms with E-state index < -0.39 is 0 Å². The molecule has 0 saturated heterocycles. The van der Waals surface area contributed by atoms with Gasteiger partial charge in [-0.15, -0.1) is 24.0 Å². The van der Waals surface area contributed by atoms with Gasteiger partial charge in [0, 0.05) is 13.1 Å². The highest BCUT2D eigenvalue weighted by Gasteiger charge is 2.17. The van der Waals surface area contributed by atoms with Crippen LogP contribution >= 0.6 is 24.0 Å². The molecule has 0 radical (unpaired) electrons. The smallest absolute Gasteiger partial charge is 0.191 e. The first-order valence-electron chi connectivity index (χ1n) is 8.11. The molecule has 4 nitrogen and oxygen atoms in total. The molecule has 0 amide bonds. The van der Waals surface area contributed by atoms with Crippen LogP contribution in [0.3, 0.4) is 0 Å². The molecule has 6 heteroatoms. The highest BCUT2D eigenvalue weighted by Crippen LogP contribution is 2.18. The number of para-hydroxylation sites is 1. The fourth-order valence-electron chi connectivity index (χ4n) is 2.66. The Kier molecular flexibility index (Phi) is 9.28. The highest BCUT2D eigenvalue weighted by atomic mass is 127. The Morgan fingerprint density at radius 2 is 2.04 bits per heavy atom. The van der Waals surface area contributed by atoms with E-state index in [1.807, 2.05) is 6.92 Å². The van der Waals surface area contributed by atoms with Gasteiger partial charge in [0.25, 0.3) is 0 Å². The number of halogens is 2. The zero-order chi connectivity index (χ0) is 15.8. The molecular weight excluding hydrogens is 408 g/mol. The van der Waals surface area contributed by atoms with E-state index in [0.717, 1.165) is 12.4 Å². The number of ether oxygens (including phenoxy) is 1. The molecule has 1 aliphatic carbocycles. The monoisotopic (exact) mass is 435 g/mol. The summed E-state index contributed by atoms with van der Waals surface area (Å²) in [5.41, 5.74) is 0. The minimum atomic E-state index is -0.325. The quantitative estimate of drug-likeness (QED) is 0.407. The van der Waals surface area contributed by atoms with E-state index in [-0.39, 0.29) is 35.9 Å². The van der Waals surface area contributed by atoms with Crippen LogP contribution in [0.5, 0.6) is 5.75 Å². The Morgan fingerprint density at radius 3 is 2.65 bits per heavy atom. The van der Waals surface area contributed by atoms with Gasteiger partial charge in [-0.3, -0.25) is 4.99 Å². The largest absolute Gasteiger partial charge is 0.486 e. The predicted octanol–water partition coefficient (Wildman–Crippen LogP) is 3.71. The topological polar surface area (TPSA) is 45.7 Å². The molecule has 0 aromatic heterocycles. The van der Waals surface area contributed by atoms with E-state index in [9.17, 15) is 4.39 Å². The summed E-state index contributed by atoms with van der Waals surface area (Å²) in [5, 5.41) is 6.71. The Labute approximate surface area is 155 Å². The highest BCUT2D eigenvalue weighted by molar-refractivity contribution is 14.0. The second kappa shape index (κ2) is 10.7. The van der Waals surface area contributed by atoms with Gasteiger partial charge in [0.1, 0.15) is 6.10 Å². The summed E-state index contributed by atoms with van der Waals surface area (Å²) < 4.78 is 19.4. The average Bonchev–Trinajstić information content (AvgIpc) is 3.04. The fourth-order valence-corrected chi connectivity index (χ4v) is 2.66. The maximum Gasteiger partial charge on any atom is 0.191 e. The number of aliphatic imine (C=N–C) groups is 1. The van der Waals surface area contributed by atoms with Gasteiger partial charge < -0.3 is 15.4 Å². The zero-order valence-electron chi connectivity index (χ0n) is 13.8. The van der Waals surface area contributed by atoms with Crippen LogP contribution in [0.25, 0.3) is 0 Å². The lowest BCUT2D eigenvalue weighted by atomic mass is 10.2. The zero-order valence-corrected chi connectivity index (χ0v) is 16.2. The second-order valence-corrected chi connectivity index (χ2v) is 5.66. The first-order chi connectivity index (χ1) is 10.7. The average molecular weight is 435 g/mol.